The van der Waals surface area contributed by atoms with Crippen LogP contribution in [0, 0.1) is 6.92 Å². The maximum Gasteiger partial charge on any atom is 0.416 e. The number of aromatic amines is 1. The molecule has 3 heterocycles. The number of halogens is 3. The van der Waals surface area contributed by atoms with Crippen LogP contribution in [0.4, 0.5) is 13.2 Å². The van der Waals surface area contributed by atoms with Gasteiger partial charge in [-0.2, -0.15) is 13.2 Å². The predicted octanol–water partition coefficient (Wildman–Crippen LogP) is 5.51. The smallest absolute Gasteiger partial charge is 0.361 e. The maximum absolute atomic E-state index is 12.8. The van der Waals surface area contributed by atoms with E-state index in [1.165, 1.54) is 28.6 Å². The summed E-state index contributed by atoms with van der Waals surface area (Å²) in [5.74, 6) is 0.456. The number of rotatable bonds is 3. The summed E-state index contributed by atoms with van der Waals surface area (Å²) in [6.45, 7) is 4.49. The Kier molecular flexibility index (Phi) is 4.78. The van der Waals surface area contributed by atoms with Crippen LogP contribution >= 0.6 is 0 Å². The van der Waals surface area contributed by atoms with Crippen LogP contribution in [0.25, 0.3) is 22.3 Å². The third kappa shape index (κ3) is 3.93. The number of hydrogen-bond acceptors (Lipinski definition) is 3. The second-order valence-corrected chi connectivity index (χ2v) is 8.06. The Morgan fingerprint density at radius 2 is 1.90 bits per heavy atom. The van der Waals surface area contributed by atoms with Gasteiger partial charge in [0.15, 0.2) is 5.82 Å². The molecule has 2 aromatic carbocycles. The molecule has 1 N–H and O–H groups in total. The summed E-state index contributed by atoms with van der Waals surface area (Å²) in [6.07, 6.45) is 0.371. The van der Waals surface area contributed by atoms with E-state index in [4.69, 9.17) is 0 Å². The van der Waals surface area contributed by atoms with Crippen molar-refractivity contribution >= 4 is 10.9 Å². The molecular weight excluding hydrogens is 401 g/mol. The predicted molar refractivity (Wildman–Crippen MR) is 113 cm³/mol. The Morgan fingerprint density at radius 1 is 1.10 bits per heavy atom. The van der Waals surface area contributed by atoms with Crippen molar-refractivity contribution < 1.29 is 13.2 Å². The van der Waals surface area contributed by atoms with Crippen LogP contribution in [-0.2, 0) is 25.7 Å². The number of hydrogen-bond donors (Lipinski definition) is 1. The first-order valence-corrected chi connectivity index (χ1v) is 10.2. The zero-order valence-corrected chi connectivity index (χ0v) is 17.0. The molecule has 4 aromatic rings. The van der Waals surface area contributed by atoms with Gasteiger partial charge >= 0.3 is 6.18 Å². The molecule has 0 bridgehead atoms. The fourth-order valence-corrected chi connectivity index (χ4v) is 4.10. The largest absolute Gasteiger partial charge is 0.416 e. The minimum Gasteiger partial charge on any atom is -0.361 e. The number of aromatic nitrogens is 3. The summed E-state index contributed by atoms with van der Waals surface area (Å²) >= 11 is 0. The summed E-state index contributed by atoms with van der Waals surface area (Å²) in [5.41, 5.74) is 5.55. The number of fused-ring (bicyclic) bond motifs is 2. The van der Waals surface area contributed by atoms with Gasteiger partial charge in [0.05, 0.1) is 11.3 Å². The number of nitrogens with one attached hydrogen (secondary N) is 1. The van der Waals surface area contributed by atoms with Crippen LogP contribution in [-0.4, -0.2) is 26.4 Å². The topological polar surface area (TPSA) is 44.8 Å². The molecule has 0 fully saturated rings. The number of alkyl halides is 3. The SMILES string of the molecule is Cc1ccc2[nH]cc(CN3CCc4cnc(-c5ccc(C(F)(F)F)cc5)nc4C3)c2c1. The molecule has 4 nitrogen and oxygen atoms in total. The van der Waals surface area contributed by atoms with Crippen LogP contribution in [0.15, 0.2) is 54.9 Å². The first-order chi connectivity index (χ1) is 14.9. The summed E-state index contributed by atoms with van der Waals surface area (Å²) in [4.78, 5) is 14.8. The van der Waals surface area contributed by atoms with Gasteiger partial charge in [-0.1, -0.05) is 23.8 Å². The van der Waals surface area contributed by atoms with Gasteiger partial charge in [-0.05, 0) is 48.7 Å². The van der Waals surface area contributed by atoms with Gasteiger partial charge in [0.2, 0.25) is 0 Å². The van der Waals surface area contributed by atoms with E-state index in [2.05, 4.69) is 51.2 Å². The van der Waals surface area contributed by atoms with E-state index in [0.29, 0.717) is 17.9 Å². The molecule has 0 saturated carbocycles. The Hall–Kier alpha value is -3.19. The second kappa shape index (κ2) is 7.50. The van der Waals surface area contributed by atoms with E-state index < -0.39 is 11.7 Å². The number of H-pyrrole nitrogens is 1. The highest BCUT2D eigenvalue weighted by Gasteiger charge is 2.30. The van der Waals surface area contributed by atoms with Crippen LogP contribution < -0.4 is 0 Å². The zero-order valence-electron chi connectivity index (χ0n) is 17.0. The molecular formula is C24H21F3N4. The highest BCUT2D eigenvalue weighted by Crippen LogP contribution is 2.31. The lowest BCUT2D eigenvalue weighted by molar-refractivity contribution is -0.137. The lowest BCUT2D eigenvalue weighted by Gasteiger charge is -2.27. The molecule has 1 aliphatic heterocycles. The van der Waals surface area contributed by atoms with Crippen molar-refractivity contribution in [1.82, 2.24) is 19.9 Å². The quantitative estimate of drug-likeness (QED) is 0.474. The summed E-state index contributed by atoms with van der Waals surface area (Å²) in [5, 5.41) is 1.24. The standard InChI is InChI=1S/C24H21F3N4/c1-15-2-7-21-20(10-15)18(12-28-21)13-31-9-8-17-11-29-23(30-22(17)14-31)16-3-5-19(6-4-16)24(25,26)27/h2-7,10-12,28H,8-9,13-14H2,1H3. The van der Waals surface area contributed by atoms with Crippen molar-refractivity contribution in [3.8, 4) is 11.4 Å². The Bertz CT molecular complexity index is 1240. The van der Waals surface area contributed by atoms with Crippen molar-refractivity contribution in [2.45, 2.75) is 32.6 Å². The third-order valence-corrected chi connectivity index (χ3v) is 5.81. The van der Waals surface area contributed by atoms with Crippen molar-refractivity contribution in [3.05, 3.63) is 82.8 Å². The fraction of sp³-hybridized carbons (Fsp3) is 0.250. The van der Waals surface area contributed by atoms with Gasteiger partial charge in [0.1, 0.15) is 0 Å². The molecule has 0 atom stereocenters. The van der Waals surface area contributed by atoms with E-state index >= 15 is 0 Å². The van der Waals surface area contributed by atoms with E-state index in [-0.39, 0.29) is 0 Å². The highest BCUT2D eigenvalue weighted by molar-refractivity contribution is 5.83. The average Bonchev–Trinajstić information content (AvgIpc) is 3.14. The van der Waals surface area contributed by atoms with Crippen molar-refractivity contribution in [2.24, 2.45) is 0 Å². The van der Waals surface area contributed by atoms with Gasteiger partial charge in [-0.15, -0.1) is 0 Å². The first kappa shape index (κ1) is 19.8. The van der Waals surface area contributed by atoms with E-state index in [1.54, 1.807) is 0 Å². The summed E-state index contributed by atoms with van der Waals surface area (Å²) < 4.78 is 38.5. The van der Waals surface area contributed by atoms with Gasteiger partial charge in [-0.3, -0.25) is 4.90 Å². The maximum atomic E-state index is 12.8. The first-order valence-electron chi connectivity index (χ1n) is 10.2. The molecule has 7 heteroatoms. The molecule has 0 unspecified atom stereocenters. The summed E-state index contributed by atoms with van der Waals surface area (Å²) in [7, 11) is 0. The molecule has 1 aliphatic rings. The fourth-order valence-electron chi connectivity index (χ4n) is 4.10. The number of benzene rings is 2. The van der Waals surface area contributed by atoms with Crippen molar-refractivity contribution in [1.29, 1.82) is 0 Å². The van der Waals surface area contributed by atoms with Crippen LogP contribution in [0.1, 0.15) is 27.9 Å². The third-order valence-electron chi connectivity index (χ3n) is 5.81. The van der Waals surface area contributed by atoms with E-state index in [0.717, 1.165) is 48.4 Å². The zero-order chi connectivity index (χ0) is 21.6. The molecule has 158 valence electrons. The number of nitrogens with zero attached hydrogens (tertiary/aromatic N) is 3. The molecule has 2 aromatic heterocycles. The average molecular weight is 422 g/mol. The monoisotopic (exact) mass is 422 g/mol. The lowest BCUT2D eigenvalue weighted by atomic mass is 10.0. The minimum atomic E-state index is -4.35. The molecule has 31 heavy (non-hydrogen) atoms. The molecule has 0 saturated heterocycles. The highest BCUT2D eigenvalue weighted by atomic mass is 19.4. The van der Waals surface area contributed by atoms with Gasteiger partial charge in [0, 0.05) is 48.5 Å². The molecule has 0 aliphatic carbocycles. The van der Waals surface area contributed by atoms with Gasteiger partial charge < -0.3 is 4.98 Å². The van der Waals surface area contributed by atoms with Crippen LogP contribution in [0.3, 0.4) is 0 Å². The van der Waals surface area contributed by atoms with Crippen molar-refractivity contribution in [2.75, 3.05) is 6.54 Å². The Labute approximate surface area is 177 Å². The van der Waals surface area contributed by atoms with Crippen LogP contribution in [0.5, 0.6) is 0 Å². The Balaban J connectivity index is 1.37. The molecule has 0 amide bonds. The Morgan fingerprint density at radius 3 is 2.68 bits per heavy atom. The molecule has 5 rings (SSSR count). The van der Waals surface area contributed by atoms with Gasteiger partial charge in [0.25, 0.3) is 0 Å². The molecule has 0 spiro atoms. The van der Waals surface area contributed by atoms with Crippen molar-refractivity contribution in [3.63, 3.8) is 0 Å². The van der Waals surface area contributed by atoms with E-state index in [9.17, 15) is 13.2 Å². The van der Waals surface area contributed by atoms with E-state index in [1.807, 2.05) is 6.20 Å². The van der Waals surface area contributed by atoms with Crippen LogP contribution in [0.2, 0.25) is 0 Å². The molecule has 0 radical (unpaired) electrons. The normalized spacial score (nSPS) is 14.7. The van der Waals surface area contributed by atoms with Gasteiger partial charge in [-0.25, -0.2) is 9.97 Å². The second-order valence-electron chi connectivity index (χ2n) is 8.06. The summed E-state index contributed by atoms with van der Waals surface area (Å²) in [6, 6.07) is 11.4. The minimum absolute atomic E-state index is 0.456. The lowest BCUT2D eigenvalue weighted by Crippen LogP contribution is -2.31. The number of aryl methyl sites for hydroxylation is 1.